The number of ether oxygens (including phenoxy) is 2. The Morgan fingerprint density at radius 2 is 1.75 bits per heavy atom. The molecule has 0 bridgehead atoms. The number of nitriles is 1. The summed E-state index contributed by atoms with van der Waals surface area (Å²) in [5.41, 5.74) is 1.70. The van der Waals surface area contributed by atoms with Gasteiger partial charge >= 0.3 is 12.6 Å². The van der Waals surface area contributed by atoms with E-state index in [0.717, 1.165) is 5.56 Å². The van der Waals surface area contributed by atoms with Crippen LogP contribution in [0.3, 0.4) is 0 Å². The molecule has 0 fully saturated rings. The number of hydrogen-bond donors (Lipinski definition) is 0. The highest BCUT2D eigenvalue weighted by Crippen LogP contribution is 2.17. The number of halogens is 2. The molecule has 0 saturated heterocycles. The number of carbonyl (C=O) groups is 2. The number of rotatable bonds is 8. The summed E-state index contributed by atoms with van der Waals surface area (Å²) in [7, 11) is 0. The van der Waals surface area contributed by atoms with Crippen molar-refractivity contribution in [1.29, 1.82) is 5.26 Å². The average Bonchev–Trinajstić information content (AvgIpc) is 2.67. The van der Waals surface area contributed by atoms with Gasteiger partial charge in [-0.1, -0.05) is 17.7 Å². The molecule has 8 heteroatoms. The minimum Gasteiger partial charge on any atom is -0.452 e. The molecule has 0 heterocycles. The zero-order chi connectivity index (χ0) is 20.5. The maximum atomic E-state index is 12.5. The van der Waals surface area contributed by atoms with Gasteiger partial charge < -0.3 is 14.4 Å². The first kappa shape index (κ1) is 20.8. The van der Waals surface area contributed by atoms with E-state index in [-0.39, 0.29) is 24.3 Å². The zero-order valence-electron chi connectivity index (χ0n) is 15.1. The van der Waals surface area contributed by atoms with Crippen LogP contribution in [0.4, 0.5) is 14.5 Å². The fourth-order valence-electron chi connectivity index (χ4n) is 2.35. The molecule has 0 radical (unpaired) electrons. The maximum Gasteiger partial charge on any atom is 0.387 e. The molecule has 0 aliphatic carbocycles. The highest BCUT2D eigenvalue weighted by Gasteiger charge is 2.18. The van der Waals surface area contributed by atoms with E-state index < -0.39 is 25.1 Å². The fourth-order valence-corrected chi connectivity index (χ4v) is 2.35. The second kappa shape index (κ2) is 10.0. The minimum atomic E-state index is -2.96. The summed E-state index contributed by atoms with van der Waals surface area (Å²) in [6.07, 6.45) is 0.124. The average molecular weight is 388 g/mol. The summed E-state index contributed by atoms with van der Waals surface area (Å²) in [5, 5.41) is 8.80. The number of anilines is 1. The number of nitrogens with zero attached hydrogens (tertiary/aromatic N) is 2. The lowest BCUT2D eigenvalue weighted by Gasteiger charge is -2.21. The standard InChI is InChI=1S/C20H18F2N2O4/c1-14-3-7-16(8-4-14)24(12-2-11-23)18(25)13-27-19(26)15-5-9-17(10-6-15)28-20(21)22/h3-10,20H,2,12-13H2,1H3. The number of esters is 1. The largest absolute Gasteiger partial charge is 0.452 e. The van der Waals surface area contributed by atoms with Crippen molar-refractivity contribution in [1.82, 2.24) is 0 Å². The molecular weight excluding hydrogens is 370 g/mol. The summed E-state index contributed by atoms with van der Waals surface area (Å²) in [5.74, 6) is -1.35. The molecule has 2 rings (SSSR count). The van der Waals surface area contributed by atoms with Crippen molar-refractivity contribution in [3.05, 3.63) is 59.7 Å². The van der Waals surface area contributed by atoms with Gasteiger partial charge in [-0.3, -0.25) is 4.79 Å². The van der Waals surface area contributed by atoms with E-state index in [2.05, 4.69) is 4.74 Å². The van der Waals surface area contributed by atoms with E-state index in [1.54, 1.807) is 12.1 Å². The molecule has 0 spiro atoms. The van der Waals surface area contributed by atoms with E-state index in [0.29, 0.717) is 5.69 Å². The number of aryl methyl sites for hydroxylation is 1. The molecule has 2 aromatic carbocycles. The minimum absolute atomic E-state index is 0.0910. The van der Waals surface area contributed by atoms with Crippen molar-refractivity contribution < 1.29 is 27.8 Å². The van der Waals surface area contributed by atoms with Gasteiger partial charge in [0.2, 0.25) is 0 Å². The van der Waals surface area contributed by atoms with Gasteiger partial charge in [-0.05, 0) is 43.3 Å². The Hall–Kier alpha value is -3.47. The lowest BCUT2D eigenvalue weighted by atomic mass is 10.2. The van der Waals surface area contributed by atoms with Crippen LogP contribution in [-0.4, -0.2) is 31.6 Å². The monoisotopic (exact) mass is 388 g/mol. The molecular formula is C20H18F2N2O4. The Kier molecular flexibility index (Phi) is 7.45. The number of carbonyl (C=O) groups excluding carboxylic acids is 2. The predicted molar refractivity (Wildman–Crippen MR) is 97.1 cm³/mol. The Morgan fingerprint density at radius 3 is 2.32 bits per heavy atom. The Bertz CT molecular complexity index is 846. The van der Waals surface area contributed by atoms with Gasteiger partial charge in [0.15, 0.2) is 6.61 Å². The first-order valence-electron chi connectivity index (χ1n) is 8.36. The van der Waals surface area contributed by atoms with Crippen molar-refractivity contribution in [3.63, 3.8) is 0 Å². The van der Waals surface area contributed by atoms with Crippen LogP contribution in [0.25, 0.3) is 0 Å². The molecule has 0 atom stereocenters. The van der Waals surface area contributed by atoms with Crippen LogP contribution in [0.2, 0.25) is 0 Å². The molecule has 2 aromatic rings. The number of amides is 1. The molecule has 146 valence electrons. The molecule has 0 N–H and O–H groups in total. The Balaban J connectivity index is 2.00. The second-order valence-corrected chi connectivity index (χ2v) is 5.77. The van der Waals surface area contributed by atoms with E-state index in [9.17, 15) is 18.4 Å². The smallest absolute Gasteiger partial charge is 0.387 e. The Labute approximate surface area is 160 Å². The van der Waals surface area contributed by atoms with Gasteiger partial charge in [0, 0.05) is 12.2 Å². The van der Waals surface area contributed by atoms with Crippen molar-refractivity contribution in [3.8, 4) is 11.8 Å². The number of hydrogen-bond acceptors (Lipinski definition) is 5. The van der Waals surface area contributed by atoms with Crippen LogP contribution in [0.5, 0.6) is 5.75 Å². The molecule has 28 heavy (non-hydrogen) atoms. The molecule has 0 aliphatic rings. The van der Waals surface area contributed by atoms with E-state index in [4.69, 9.17) is 10.00 Å². The van der Waals surface area contributed by atoms with Gasteiger partial charge in [-0.2, -0.15) is 14.0 Å². The van der Waals surface area contributed by atoms with Crippen LogP contribution in [0.15, 0.2) is 48.5 Å². The van der Waals surface area contributed by atoms with Crippen molar-refractivity contribution >= 4 is 17.6 Å². The van der Waals surface area contributed by atoms with Crippen molar-refractivity contribution in [2.75, 3.05) is 18.1 Å². The topological polar surface area (TPSA) is 79.6 Å². The Morgan fingerprint density at radius 1 is 1.11 bits per heavy atom. The van der Waals surface area contributed by atoms with Gasteiger partial charge in [0.1, 0.15) is 5.75 Å². The summed E-state index contributed by atoms with van der Waals surface area (Å²) < 4.78 is 33.5. The summed E-state index contributed by atoms with van der Waals surface area (Å²) in [4.78, 5) is 25.9. The molecule has 0 unspecified atom stereocenters. The number of benzene rings is 2. The summed E-state index contributed by atoms with van der Waals surface area (Å²) >= 11 is 0. The zero-order valence-corrected chi connectivity index (χ0v) is 15.1. The maximum absolute atomic E-state index is 12.5. The molecule has 1 amide bonds. The van der Waals surface area contributed by atoms with E-state index in [1.165, 1.54) is 29.2 Å². The van der Waals surface area contributed by atoms with Gasteiger partial charge in [0.05, 0.1) is 18.1 Å². The van der Waals surface area contributed by atoms with Gasteiger partial charge in [0.25, 0.3) is 5.91 Å². The predicted octanol–water partition coefficient (Wildman–Crippen LogP) is 3.70. The molecule has 6 nitrogen and oxygen atoms in total. The van der Waals surface area contributed by atoms with Gasteiger partial charge in [-0.15, -0.1) is 0 Å². The van der Waals surface area contributed by atoms with Crippen LogP contribution in [0.1, 0.15) is 22.3 Å². The summed E-state index contributed by atoms with van der Waals surface area (Å²) in [6, 6.07) is 14.1. The normalized spacial score (nSPS) is 10.2. The molecule has 0 saturated carbocycles. The third kappa shape index (κ3) is 6.06. The quantitative estimate of drug-likeness (QED) is 0.644. The van der Waals surface area contributed by atoms with Gasteiger partial charge in [-0.25, -0.2) is 4.79 Å². The molecule has 0 aliphatic heterocycles. The number of alkyl halides is 2. The third-order valence-corrected chi connectivity index (χ3v) is 3.74. The summed E-state index contributed by atoms with van der Waals surface area (Å²) in [6.45, 7) is -1.41. The second-order valence-electron chi connectivity index (χ2n) is 5.77. The van der Waals surface area contributed by atoms with E-state index >= 15 is 0 Å². The van der Waals surface area contributed by atoms with E-state index in [1.807, 2.05) is 25.1 Å². The first-order chi connectivity index (χ1) is 13.4. The molecule has 0 aromatic heterocycles. The van der Waals surface area contributed by atoms with Crippen LogP contribution >= 0.6 is 0 Å². The SMILES string of the molecule is Cc1ccc(N(CCC#N)C(=O)COC(=O)c2ccc(OC(F)F)cc2)cc1. The van der Waals surface area contributed by atoms with Crippen LogP contribution in [0, 0.1) is 18.3 Å². The fraction of sp³-hybridized carbons (Fsp3) is 0.250. The third-order valence-electron chi connectivity index (χ3n) is 3.74. The highest BCUT2D eigenvalue weighted by atomic mass is 19.3. The van der Waals surface area contributed by atoms with Crippen LogP contribution < -0.4 is 9.64 Å². The lowest BCUT2D eigenvalue weighted by Crippen LogP contribution is -2.35. The lowest BCUT2D eigenvalue weighted by molar-refractivity contribution is -0.121. The van der Waals surface area contributed by atoms with Crippen molar-refractivity contribution in [2.24, 2.45) is 0 Å². The van der Waals surface area contributed by atoms with Crippen LogP contribution in [-0.2, 0) is 9.53 Å². The van der Waals surface area contributed by atoms with Crippen molar-refractivity contribution in [2.45, 2.75) is 20.0 Å². The highest BCUT2D eigenvalue weighted by molar-refractivity contribution is 5.97. The first-order valence-corrected chi connectivity index (χ1v) is 8.36.